The molecule has 0 unspecified atom stereocenters. The van der Waals surface area contributed by atoms with Crippen molar-refractivity contribution < 1.29 is 22.3 Å². The lowest BCUT2D eigenvalue weighted by Gasteiger charge is -2.09. The molecule has 8 heteroatoms. The van der Waals surface area contributed by atoms with E-state index in [2.05, 4.69) is 25.7 Å². The Morgan fingerprint density at radius 2 is 2.00 bits per heavy atom. The summed E-state index contributed by atoms with van der Waals surface area (Å²) >= 11 is 4.15. The van der Waals surface area contributed by atoms with E-state index in [9.17, 15) is 17.6 Å². The lowest BCUT2D eigenvalue weighted by molar-refractivity contribution is -0.276. The first-order valence-corrected chi connectivity index (χ1v) is 4.94. The molecule has 1 aromatic rings. The van der Waals surface area contributed by atoms with Gasteiger partial charge in [-0.05, 0) is 44.6 Å². The molecule has 78 valence electrons. The van der Waals surface area contributed by atoms with E-state index in [-0.39, 0.29) is 8.17 Å². The third-order valence-electron chi connectivity index (χ3n) is 1.07. The minimum absolute atomic E-state index is 0.0550. The predicted octanol–water partition coefficient (Wildman–Crippen LogP) is 3.49. The van der Waals surface area contributed by atoms with Gasteiger partial charge in [-0.3, -0.25) is 0 Å². The molecule has 0 aliphatic carbocycles. The molecule has 0 atom stereocenters. The molecule has 2 nitrogen and oxygen atoms in total. The van der Waals surface area contributed by atoms with Crippen molar-refractivity contribution in [2.24, 2.45) is 0 Å². The van der Waals surface area contributed by atoms with Gasteiger partial charge in [0.2, 0.25) is 5.88 Å². The zero-order valence-corrected chi connectivity index (χ0v) is 9.94. The van der Waals surface area contributed by atoms with Crippen molar-refractivity contribution in [2.45, 2.75) is 6.36 Å². The molecule has 0 bridgehead atoms. The Balaban J connectivity index is 3.04. The van der Waals surface area contributed by atoms with Gasteiger partial charge >= 0.3 is 6.36 Å². The molecule has 0 saturated carbocycles. The summed E-state index contributed by atoms with van der Waals surface area (Å²) in [5.74, 6) is -1.42. The minimum atomic E-state index is -4.83. The van der Waals surface area contributed by atoms with Crippen molar-refractivity contribution in [1.82, 2.24) is 4.98 Å². The van der Waals surface area contributed by atoms with Crippen molar-refractivity contribution in [3.63, 3.8) is 0 Å². The van der Waals surface area contributed by atoms with Gasteiger partial charge in [0, 0.05) is 0 Å². The molecule has 1 rings (SSSR count). The maximum absolute atomic E-state index is 12.7. The zero-order valence-electron chi connectivity index (χ0n) is 6.20. The number of pyridine rings is 1. The average molecular weight is 386 g/mol. The quantitative estimate of drug-likeness (QED) is 0.419. The fourth-order valence-corrected chi connectivity index (χ4v) is 1.39. The van der Waals surface area contributed by atoms with Crippen LogP contribution < -0.4 is 4.74 Å². The first kappa shape index (κ1) is 12.0. The molecule has 0 aliphatic heterocycles. The number of ether oxygens (including phenoxy) is 1. The molecule has 14 heavy (non-hydrogen) atoms. The van der Waals surface area contributed by atoms with E-state index in [1.165, 1.54) is 22.6 Å². The van der Waals surface area contributed by atoms with Gasteiger partial charge < -0.3 is 4.74 Å². The maximum atomic E-state index is 12.7. The van der Waals surface area contributed by atoms with Gasteiger partial charge in [0.1, 0.15) is 4.60 Å². The largest absolute Gasteiger partial charge is 0.574 e. The summed E-state index contributed by atoms with van der Waals surface area (Å²) in [6.07, 6.45) is -4.83. The van der Waals surface area contributed by atoms with E-state index >= 15 is 0 Å². The van der Waals surface area contributed by atoms with Gasteiger partial charge in [-0.2, -0.15) is 0 Å². The molecular weight excluding hydrogens is 385 g/mol. The molecule has 0 aliphatic rings. The second-order valence-electron chi connectivity index (χ2n) is 2.10. The van der Waals surface area contributed by atoms with Gasteiger partial charge in [-0.15, -0.1) is 13.2 Å². The topological polar surface area (TPSA) is 22.1 Å². The van der Waals surface area contributed by atoms with E-state index in [1.54, 1.807) is 0 Å². The molecule has 0 saturated heterocycles. The Hall–Kier alpha value is -0.120. The van der Waals surface area contributed by atoms with Crippen LogP contribution in [-0.2, 0) is 0 Å². The highest BCUT2D eigenvalue weighted by molar-refractivity contribution is 14.1. The van der Waals surface area contributed by atoms with Gasteiger partial charge in [0.25, 0.3) is 0 Å². The Bertz CT molecular complexity index is 356. The Morgan fingerprint density at radius 3 is 2.50 bits per heavy atom. The van der Waals surface area contributed by atoms with E-state index in [0.717, 1.165) is 6.07 Å². The van der Waals surface area contributed by atoms with E-state index < -0.39 is 18.1 Å². The lowest BCUT2D eigenvalue weighted by Crippen LogP contribution is -2.18. The lowest BCUT2D eigenvalue weighted by atomic mass is 10.5. The fourth-order valence-electron chi connectivity index (χ4n) is 0.610. The van der Waals surface area contributed by atoms with Crippen LogP contribution in [0.15, 0.2) is 10.7 Å². The second kappa shape index (κ2) is 4.17. The van der Waals surface area contributed by atoms with E-state index in [0.29, 0.717) is 0 Å². The van der Waals surface area contributed by atoms with E-state index in [4.69, 9.17) is 0 Å². The van der Waals surface area contributed by atoms with Crippen LogP contribution in [0.4, 0.5) is 17.6 Å². The highest BCUT2D eigenvalue weighted by Crippen LogP contribution is 2.28. The SMILES string of the molecule is Fc1cc(I)c(OC(F)(F)F)nc1Br. The molecule has 0 spiro atoms. The molecular formula is C6HBrF4INO. The van der Waals surface area contributed by atoms with Gasteiger partial charge in [-0.1, -0.05) is 0 Å². The standard InChI is InChI=1S/C6HBrF4INO/c7-4-2(8)1-3(12)5(13-4)14-6(9,10)11/h1H. The normalized spacial score (nSPS) is 11.6. The number of nitrogens with zero attached hydrogens (tertiary/aromatic N) is 1. The van der Waals surface area contributed by atoms with Crippen molar-refractivity contribution >= 4 is 38.5 Å². The van der Waals surface area contributed by atoms with Crippen molar-refractivity contribution in [3.05, 3.63) is 20.1 Å². The summed E-state index contributed by atoms with van der Waals surface area (Å²) in [6.45, 7) is 0. The number of rotatable bonds is 1. The van der Waals surface area contributed by atoms with Crippen LogP contribution in [0.5, 0.6) is 5.88 Å². The molecule has 0 amide bonds. The molecule has 0 radical (unpaired) electrons. The highest BCUT2D eigenvalue weighted by atomic mass is 127. The Morgan fingerprint density at radius 1 is 1.43 bits per heavy atom. The monoisotopic (exact) mass is 385 g/mol. The second-order valence-corrected chi connectivity index (χ2v) is 4.01. The fraction of sp³-hybridized carbons (Fsp3) is 0.167. The van der Waals surface area contributed by atoms with Crippen LogP contribution in [0.3, 0.4) is 0 Å². The number of hydrogen-bond donors (Lipinski definition) is 0. The van der Waals surface area contributed by atoms with Crippen LogP contribution in [0.2, 0.25) is 0 Å². The van der Waals surface area contributed by atoms with Crippen molar-refractivity contribution in [2.75, 3.05) is 0 Å². The Kier molecular flexibility index (Phi) is 3.56. The molecule has 0 N–H and O–H groups in total. The summed E-state index contributed by atoms with van der Waals surface area (Å²) in [5, 5.41) is 0. The number of hydrogen-bond acceptors (Lipinski definition) is 2. The van der Waals surface area contributed by atoms with Crippen LogP contribution in [0, 0.1) is 9.39 Å². The highest BCUT2D eigenvalue weighted by Gasteiger charge is 2.33. The molecule has 0 fully saturated rings. The first-order chi connectivity index (χ1) is 6.29. The summed E-state index contributed by atoms with van der Waals surface area (Å²) in [5.41, 5.74) is 0. The summed E-state index contributed by atoms with van der Waals surface area (Å²) in [6, 6.07) is 0.888. The van der Waals surface area contributed by atoms with Crippen LogP contribution in [-0.4, -0.2) is 11.3 Å². The third-order valence-corrected chi connectivity index (χ3v) is 2.40. The minimum Gasteiger partial charge on any atom is -0.387 e. The van der Waals surface area contributed by atoms with Crippen molar-refractivity contribution in [3.8, 4) is 5.88 Å². The summed E-state index contributed by atoms with van der Waals surface area (Å²) in [7, 11) is 0. The van der Waals surface area contributed by atoms with E-state index in [1.807, 2.05) is 0 Å². The van der Waals surface area contributed by atoms with Gasteiger partial charge in [-0.25, -0.2) is 9.37 Å². The molecule has 1 aromatic heterocycles. The number of aromatic nitrogens is 1. The first-order valence-electron chi connectivity index (χ1n) is 3.07. The maximum Gasteiger partial charge on any atom is 0.574 e. The van der Waals surface area contributed by atoms with Crippen LogP contribution in [0.1, 0.15) is 0 Å². The average Bonchev–Trinajstić information content (AvgIpc) is 1.97. The zero-order chi connectivity index (χ0) is 10.9. The number of alkyl halides is 3. The molecule has 1 heterocycles. The van der Waals surface area contributed by atoms with Crippen LogP contribution in [0.25, 0.3) is 0 Å². The number of halogens is 6. The summed E-state index contributed by atoms with van der Waals surface area (Å²) < 4.78 is 51.3. The summed E-state index contributed by atoms with van der Waals surface area (Å²) in [4.78, 5) is 3.25. The van der Waals surface area contributed by atoms with Crippen molar-refractivity contribution in [1.29, 1.82) is 0 Å². The van der Waals surface area contributed by atoms with Gasteiger partial charge in [0.15, 0.2) is 5.82 Å². The smallest absolute Gasteiger partial charge is 0.387 e. The predicted molar refractivity (Wildman–Crippen MR) is 51.3 cm³/mol. The van der Waals surface area contributed by atoms with Gasteiger partial charge in [0.05, 0.1) is 3.57 Å². The Labute approximate surface area is 97.9 Å². The van der Waals surface area contributed by atoms with Crippen LogP contribution >= 0.6 is 38.5 Å². The third kappa shape index (κ3) is 3.23. The molecule has 0 aromatic carbocycles.